The van der Waals surface area contributed by atoms with Crippen molar-refractivity contribution in [1.82, 2.24) is 0 Å². The maximum absolute atomic E-state index is 12.6. The minimum atomic E-state index is -0.166. The van der Waals surface area contributed by atoms with Crippen molar-refractivity contribution in [2.75, 3.05) is 23.8 Å². The van der Waals surface area contributed by atoms with E-state index in [0.29, 0.717) is 36.2 Å². The lowest BCUT2D eigenvalue weighted by molar-refractivity contribution is 0.101. The van der Waals surface area contributed by atoms with Crippen LogP contribution in [0, 0.1) is 11.8 Å². The van der Waals surface area contributed by atoms with Crippen molar-refractivity contribution in [2.45, 2.75) is 34.1 Å². The molecule has 0 radical (unpaired) electrons. The quantitative estimate of drug-likeness (QED) is 0.188. The van der Waals surface area contributed by atoms with Crippen LogP contribution in [-0.2, 0) is 6.42 Å². The first kappa shape index (κ1) is 29.4. The third kappa shape index (κ3) is 9.24. The topological polar surface area (TPSA) is 76.7 Å². The molecule has 41 heavy (non-hydrogen) atoms. The van der Waals surface area contributed by atoms with E-state index in [2.05, 4.69) is 38.3 Å². The van der Waals surface area contributed by atoms with Gasteiger partial charge in [-0.3, -0.25) is 9.59 Å². The molecule has 0 fully saturated rings. The highest BCUT2D eigenvalue weighted by Crippen LogP contribution is 2.19. The zero-order valence-electron chi connectivity index (χ0n) is 24.1. The molecule has 0 aromatic heterocycles. The minimum absolute atomic E-state index is 0.166. The van der Waals surface area contributed by atoms with Gasteiger partial charge in [0.05, 0.1) is 13.2 Å². The van der Waals surface area contributed by atoms with Crippen LogP contribution in [0.25, 0.3) is 0 Å². The summed E-state index contributed by atoms with van der Waals surface area (Å²) in [4.78, 5) is 25.3. The average Bonchev–Trinajstić information content (AvgIpc) is 2.97. The lowest BCUT2D eigenvalue weighted by Gasteiger charge is -2.10. The van der Waals surface area contributed by atoms with Crippen molar-refractivity contribution in [3.8, 4) is 11.5 Å². The molecule has 0 aliphatic rings. The summed E-state index contributed by atoms with van der Waals surface area (Å²) in [7, 11) is 0. The zero-order chi connectivity index (χ0) is 29.2. The van der Waals surface area contributed by atoms with Gasteiger partial charge in [0.15, 0.2) is 0 Å². The van der Waals surface area contributed by atoms with Crippen LogP contribution in [-0.4, -0.2) is 25.0 Å². The maximum atomic E-state index is 12.6. The molecule has 6 heteroatoms. The Morgan fingerprint density at radius 2 is 0.878 bits per heavy atom. The number of rotatable bonds is 12. The molecular formula is C35H38N2O4. The van der Waals surface area contributed by atoms with Crippen molar-refractivity contribution < 1.29 is 19.1 Å². The van der Waals surface area contributed by atoms with Gasteiger partial charge in [0.25, 0.3) is 11.8 Å². The number of hydrogen-bond acceptors (Lipinski definition) is 4. The molecule has 2 N–H and O–H groups in total. The standard InChI is InChI=1S/C35H38N2O4/c1-24(2)22-40-32-17-9-28(10-18-32)34(38)36-30-13-5-26(6-14-30)21-27-7-15-31(16-8-27)37-35(39)29-11-19-33(20-12-29)41-23-25(3)4/h5-20,24-25H,21-23H2,1-4H3,(H,36,38)(H,37,39). The minimum Gasteiger partial charge on any atom is -0.493 e. The largest absolute Gasteiger partial charge is 0.493 e. The summed E-state index contributed by atoms with van der Waals surface area (Å²) < 4.78 is 11.4. The van der Waals surface area contributed by atoms with Crippen LogP contribution in [0.5, 0.6) is 11.5 Å². The zero-order valence-corrected chi connectivity index (χ0v) is 24.1. The van der Waals surface area contributed by atoms with E-state index < -0.39 is 0 Å². The van der Waals surface area contributed by atoms with Crippen LogP contribution in [0.1, 0.15) is 59.5 Å². The smallest absolute Gasteiger partial charge is 0.255 e. The van der Waals surface area contributed by atoms with E-state index in [1.54, 1.807) is 24.3 Å². The van der Waals surface area contributed by atoms with Gasteiger partial charge < -0.3 is 20.1 Å². The molecule has 0 aliphatic heterocycles. The highest BCUT2D eigenvalue weighted by atomic mass is 16.5. The van der Waals surface area contributed by atoms with Gasteiger partial charge in [-0.25, -0.2) is 0 Å². The number of nitrogens with one attached hydrogen (secondary N) is 2. The summed E-state index contributed by atoms with van der Waals surface area (Å²) in [5, 5.41) is 5.89. The Balaban J connectivity index is 1.26. The van der Waals surface area contributed by atoms with Crippen LogP contribution in [0.4, 0.5) is 11.4 Å². The van der Waals surface area contributed by atoms with Crippen LogP contribution >= 0.6 is 0 Å². The summed E-state index contributed by atoms with van der Waals surface area (Å²) in [6.07, 6.45) is 0.734. The summed E-state index contributed by atoms with van der Waals surface area (Å²) >= 11 is 0. The van der Waals surface area contributed by atoms with E-state index in [1.807, 2.05) is 72.8 Å². The molecule has 4 rings (SSSR count). The van der Waals surface area contributed by atoms with E-state index in [-0.39, 0.29) is 11.8 Å². The van der Waals surface area contributed by atoms with Gasteiger partial charge in [0.1, 0.15) is 11.5 Å². The van der Waals surface area contributed by atoms with Gasteiger partial charge in [-0.2, -0.15) is 0 Å². The number of anilines is 2. The molecule has 0 heterocycles. The second kappa shape index (κ2) is 14.2. The second-order valence-electron chi connectivity index (χ2n) is 10.9. The predicted molar refractivity (Wildman–Crippen MR) is 165 cm³/mol. The highest BCUT2D eigenvalue weighted by Gasteiger charge is 2.09. The summed E-state index contributed by atoms with van der Waals surface area (Å²) in [6.45, 7) is 9.66. The Hall–Kier alpha value is -4.58. The molecule has 0 saturated heterocycles. The molecular weight excluding hydrogens is 512 g/mol. The molecule has 0 aliphatic carbocycles. The molecule has 0 saturated carbocycles. The molecule has 212 valence electrons. The lowest BCUT2D eigenvalue weighted by Crippen LogP contribution is -2.12. The Kier molecular flexibility index (Phi) is 10.2. The fourth-order valence-corrected chi connectivity index (χ4v) is 3.98. The normalized spacial score (nSPS) is 10.9. The average molecular weight is 551 g/mol. The van der Waals surface area contributed by atoms with Crippen molar-refractivity contribution >= 4 is 23.2 Å². The third-order valence-corrected chi connectivity index (χ3v) is 6.23. The van der Waals surface area contributed by atoms with Gasteiger partial charge in [-0.05, 0) is 102 Å². The molecule has 2 amide bonds. The molecule has 4 aromatic carbocycles. The van der Waals surface area contributed by atoms with Crippen LogP contribution in [0.15, 0.2) is 97.1 Å². The second-order valence-corrected chi connectivity index (χ2v) is 10.9. The van der Waals surface area contributed by atoms with Crippen LogP contribution < -0.4 is 20.1 Å². The van der Waals surface area contributed by atoms with Crippen molar-refractivity contribution in [3.63, 3.8) is 0 Å². The van der Waals surface area contributed by atoms with E-state index in [1.165, 1.54) is 0 Å². The van der Waals surface area contributed by atoms with E-state index in [0.717, 1.165) is 40.4 Å². The van der Waals surface area contributed by atoms with E-state index >= 15 is 0 Å². The van der Waals surface area contributed by atoms with Crippen molar-refractivity contribution in [1.29, 1.82) is 0 Å². The first-order chi connectivity index (χ1) is 19.7. The number of carbonyl (C=O) groups is 2. The Labute approximate surface area is 242 Å². The van der Waals surface area contributed by atoms with Crippen molar-refractivity contribution in [2.24, 2.45) is 11.8 Å². The maximum Gasteiger partial charge on any atom is 0.255 e. The fraction of sp³-hybridized carbons (Fsp3) is 0.257. The first-order valence-corrected chi connectivity index (χ1v) is 14.0. The molecule has 0 spiro atoms. The van der Waals surface area contributed by atoms with Crippen molar-refractivity contribution in [3.05, 3.63) is 119 Å². The Bertz CT molecular complexity index is 1300. The number of amides is 2. The SMILES string of the molecule is CC(C)COc1ccc(C(=O)Nc2ccc(Cc3ccc(NC(=O)c4ccc(OCC(C)C)cc4)cc3)cc2)cc1. The third-order valence-electron chi connectivity index (χ3n) is 6.23. The van der Waals surface area contributed by atoms with Gasteiger partial charge >= 0.3 is 0 Å². The molecule has 0 unspecified atom stereocenters. The summed E-state index contributed by atoms with van der Waals surface area (Å²) in [6, 6.07) is 30.0. The van der Waals surface area contributed by atoms with Crippen LogP contribution in [0.3, 0.4) is 0 Å². The van der Waals surface area contributed by atoms with Gasteiger partial charge in [-0.15, -0.1) is 0 Å². The number of carbonyl (C=O) groups excluding carboxylic acids is 2. The highest BCUT2D eigenvalue weighted by molar-refractivity contribution is 6.05. The lowest BCUT2D eigenvalue weighted by atomic mass is 10.0. The van der Waals surface area contributed by atoms with Gasteiger partial charge in [0, 0.05) is 22.5 Å². The van der Waals surface area contributed by atoms with Gasteiger partial charge in [-0.1, -0.05) is 52.0 Å². The number of benzene rings is 4. The molecule has 4 aromatic rings. The summed E-state index contributed by atoms with van der Waals surface area (Å²) in [5.74, 6) is 2.07. The molecule has 0 bridgehead atoms. The Morgan fingerprint density at radius 1 is 0.537 bits per heavy atom. The first-order valence-electron chi connectivity index (χ1n) is 14.0. The number of ether oxygens (including phenoxy) is 2. The molecule has 0 atom stereocenters. The van der Waals surface area contributed by atoms with Crippen LogP contribution in [0.2, 0.25) is 0 Å². The monoisotopic (exact) mass is 550 g/mol. The molecule has 6 nitrogen and oxygen atoms in total. The number of hydrogen-bond donors (Lipinski definition) is 2. The van der Waals surface area contributed by atoms with E-state index in [4.69, 9.17) is 9.47 Å². The summed E-state index contributed by atoms with van der Waals surface area (Å²) in [5.41, 5.74) is 4.85. The predicted octanol–water partition coefficient (Wildman–Crippen LogP) is 7.85. The fourth-order valence-electron chi connectivity index (χ4n) is 3.98. The van der Waals surface area contributed by atoms with E-state index in [9.17, 15) is 9.59 Å². The Morgan fingerprint density at radius 3 is 1.20 bits per heavy atom. The van der Waals surface area contributed by atoms with Gasteiger partial charge in [0.2, 0.25) is 0 Å².